The Kier molecular flexibility index (Phi) is 7.15. The Labute approximate surface area is 174 Å². The van der Waals surface area contributed by atoms with Crippen LogP contribution in [-0.4, -0.2) is 35.7 Å². The van der Waals surface area contributed by atoms with Gasteiger partial charge in [-0.15, -0.1) is 0 Å². The summed E-state index contributed by atoms with van der Waals surface area (Å²) in [7, 11) is 1.37. The molecule has 8 heteroatoms. The molecule has 1 aliphatic heterocycles. The number of ether oxygens (including phenoxy) is 1. The van der Waals surface area contributed by atoms with Gasteiger partial charge in [0.2, 0.25) is 0 Å². The summed E-state index contributed by atoms with van der Waals surface area (Å²) < 4.78 is 4.61. The van der Waals surface area contributed by atoms with Crippen LogP contribution in [0.15, 0.2) is 59.4 Å². The van der Waals surface area contributed by atoms with Gasteiger partial charge in [0.1, 0.15) is 5.69 Å². The van der Waals surface area contributed by atoms with Crippen LogP contribution in [0.5, 0.6) is 0 Å². The van der Waals surface area contributed by atoms with Gasteiger partial charge in [0.05, 0.1) is 17.7 Å². The Morgan fingerprint density at radius 2 is 2.13 bits per heavy atom. The van der Waals surface area contributed by atoms with Gasteiger partial charge < -0.3 is 15.0 Å². The summed E-state index contributed by atoms with van der Waals surface area (Å²) in [6.45, 7) is 0.582. The Hall–Kier alpha value is -3.68. The lowest BCUT2D eigenvalue weighted by molar-refractivity contribution is -0.384. The number of hydrogen-bond donors (Lipinski definition) is 2. The third-order valence-corrected chi connectivity index (χ3v) is 4.76. The average molecular weight is 408 g/mol. The van der Waals surface area contributed by atoms with Gasteiger partial charge in [-0.25, -0.2) is 0 Å². The molecule has 0 atom stereocenters. The van der Waals surface area contributed by atoms with Crippen molar-refractivity contribution < 1.29 is 14.5 Å². The number of esters is 1. The van der Waals surface area contributed by atoms with Gasteiger partial charge in [-0.2, -0.15) is 0 Å². The van der Waals surface area contributed by atoms with Crippen LogP contribution in [0.4, 0.5) is 11.4 Å². The van der Waals surface area contributed by atoms with Crippen molar-refractivity contribution in [2.45, 2.75) is 25.7 Å². The van der Waals surface area contributed by atoms with Crippen LogP contribution >= 0.6 is 0 Å². The van der Waals surface area contributed by atoms with Crippen molar-refractivity contribution in [1.29, 1.82) is 0 Å². The van der Waals surface area contributed by atoms with E-state index >= 15 is 0 Å². The summed E-state index contributed by atoms with van der Waals surface area (Å²) in [5.41, 5.74) is 3.59. The van der Waals surface area contributed by atoms with E-state index in [1.165, 1.54) is 7.11 Å². The number of aliphatic imine (C=N–C) groups is 1. The second-order valence-electron chi connectivity index (χ2n) is 6.78. The van der Waals surface area contributed by atoms with Crippen molar-refractivity contribution in [1.82, 2.24) is 4.98 Å². The van der Waals surface area contributed by atoms with Crippen LogP contribution < -0.4 is 5.32 Å². The fraction of sp³-hybridized carbons (Fsp3) is 0.273. The molecule has 30 heavy (non-hydrogen) atoms. The fourth-order valence-corrected chi connectivity index (χ4v) is 3.26. The minimum Gasteiger partial charge on any atom is -0.469 e. The molecule has 156 valence electrons. The molecular formula is C22H24N4O4. The molecule has 0 spiro atoms. The number of rotatable bonds is 10. The van der Waals surface area contributed by atoms with Crippen LogP contribution in [0.1, 0.15) is 36.9 Å². The van der Waals surface area contributed by atoms with Crippen LogP contribution in [0.2, 0.25) is 0 Å². The maximum Gasteiger partial charge on any atom is 0.305 e. The topological polar surface area (TPSA) is 110 Å². The van der Waals surface area contributed by atoms with Crippen LogP contribution in [-0.2, 0) is 9.53 Å². The number of carbonyl (C=O) groups excluding carboxylic acids is 1. The van der Waals surface area contributed by atoms with Crippen molar-refractivity contribution in [2.24, 2.45) is 4.99 Å². The summed E-state index contributed by atoms with van der Waals surface area (Å²) >= 11 is 0. The lowest BCUT2D eigenvalue weighted by Crippen LogP contribution is -2.06. The number of nitrogens with one attached hydrogen (secondary N) is 2. The van der Waals surface area contributed by atoms with Crippen molar-refractivity contribution in [3.63, 3.8) is 0 Å². The standard InChI is InChI=1S/C22H24N4O4/c1-30-21(27)9-3-2-4-12-23-17-11-10-16(15-20(17)26(28)29)22(18-7-5-13-24-18)19-8-6-14-25-19/h5-8,10-11,13-15,23-24H,2-4,9,12H2,1H3/b22-19-. The van der Waals surface area contributed by atoms with E-state index in [2.05, 4.69) is 20.0 Å². The zero-order valence-electron chi connectivity index (χ0n) is 16.8. The Balaban J connectivity index is 1.74. The largest absolute Gasteiger partial charge is 0.469 e. The molecule has 0 aliphatic carbocycles. The van der Waals surface area contributed by atoms with Crippen molar-refractivity contribution in [3.05, 3.63) is 75.7 Å². The Morgan fingerprint density at radius 1 is 1.27 bits per heavy atom. The summed E-state index contributed by atoms with van der Waals surface area (Å²) in [5.74, 6) is -0.220. The molecule has 8 nitrogen and oxygen atoms in total. The third kappa shape index (κ3) is 5.22. The first-order valence-corrected chi connectivity index (χ1v) is 9.78. The van der Waals surface area contributed by atoms with Crippen LogP contribution in [0.25, 0.3) is 5.57 Å². The van der Waals surface area contributed by atoms with Crippen molar-refractivity contribution in [3.8, 4) is 0 Å². The van der Waals surface area contributed by atoms with E-state index in [0.29, 0.717) is 24.2 Å². The molecule has 0 amide bonds. The molecule has 0 unspecified atom stereocenters. The molecule has 1 aromatic carbocycles. The van der Waals surface area contributed by atoms with Crippen LogP contribution in [0, 0.1) is 10.1 Å². The number of hydrogen-bond acceptors (Lipinski definition) is 6. The van der Waals surface area contributed by atoms with E-state index in [9.17, 15) is 14.9 Å². The van der Waals surface area contributed by atoms with Gasteiger partial charge in [0, 0.05) is 42.7 Å². The number of nitro benzene ring substituents is 1. The average Bonchev–Trinajstić information content (AvgIpc) is 3.46. The van der Waals surface area contributed by atoms with Gasteiger partial charge >= 0.3 is 5.97 Å². The summed E-state index contributed by atoms with van der Waals surface area (Å²) in [6, 6.07) is 8.95. The summed E-state index contributed by atoms with van der Waals surface area (Å²) in [5, 5.41) is 14.8. The molecule has 0 fully saturated rings. The number of anilines is 1. The SMILES string of the molecule is COC(=O)CCCCCNc1ccc(/C(=C2\C=CC=N2)c2ccc[nH]2)cc1[N+](=O)[O-]. The highest BCUT2D eigenvalue weighted by Crippen LogP contribution is 2.34. The summed E-state index contributed by atoms with van der Waals surface area (Å²) in [4.78, 5) is 30.0. The van der Waals surface area contributed by atoms with Gasteiger partial charge in [-0.3, -0.25) is 19.9 Å². The predicted molar refractivity (Wildman–Crippen MR) is 117 cm³/mol. The molecule has 2 heterocycles. The number of allylic oxidation sites excluding steroid dienone is 2. The highest BCUT2D eigenvalue weighted by atomic mass is 16.6. The second kappa shape index (κ2) is 10.2. The predicted octanol–water partition coefficient (Wildman–Crippen LogP) is 4.47. The smallest absolute Gasteiger partial charge is 0.305 e. The van der Waals surface area contributed by atoms with Gasteiger partial charge in [-0.05, 0) is 48.8 Å². The first-order chi connectivity index (χ1) is 14.6. The normalized spacial score (nSPS) is 14.0. The number of methoxy groups -OCH3 is 1. The van der Waals surface area contributed by atoms with E-state index in [4.69, 9.17) is 0 Å². The van der Waals surface area contributed by atoms with E-state index in [1.54, 1.807) is 18.3 Å². The number of H-pyrrole nitrogens is 1. The molecule has 0 radical (unpaired) electrons. The Bertz CT molecular complexity index is 977. The first kappa shape index (κ1) is 21.0. The molecule has 0 saturated heterocycles. The molecular weight excluding hydrogens is 384 g/mol. The van der Waals surface area contributed by atoms with Gasteiger partial charge in [0.15, 0.2) is 0 Å². The minimum atomic E-state index is -0.381. The van der Waals surface area contributed by atoms with E-state index in [1.807, 2.05) is 36.5 Å². The number of benzene rings is 1. The molecule has 0 bridgehead atoms. The lowest BCUT2D eigenvalue weighted by atomic mass is 9.99. The molecule has 3 rings (SSSR count). The highest BCUT2D eigenvalue weighted by molar-refractivity contribution is 5.89. The lowest BCUT2D eigenvalue weighted by Gasteiger charge is -2.12. The minimum absolute atomic E-state index is 0.0117. The highest BCUT2D eigenvalue weighted by Gasteiger charge is 2.19. The van der Waals surface area contributed by atoms with E-state index < -0.39 is 0 Å². The molecule has 2 N–H and O–H groups in total. The van der Waals surface area contributed by atoms with Gasteiger partial charge in [0.25, 0.3) is 5.69 Å². The third-order valence-electron chi connectivity index (χ3n) is 4.76. The molecule has 1 aromatic heterocycles. The number of nitrogens with zero attached hydrogens (tertiary/aromatic N) is 2. The number of carbonyl (C=O) groups is 1. The molecule has 0 saturated carbocycles. The van der Waals surface area contributed by atoms with Crippen molar-refractivity contribution in [2.75, 3.05) is 19.0 Å². The maximum atomic E-state index is 11.7. The number of nitro groups is 1. The van der Waals surface area contributed by atoms with Crippen molar-refractivity contribution >= 4 is 29.1 Å². The fourth-order valence-electron chi connectivity index (χ4n) is 3.26. The number of aromatic nitrogens is 1. The van der Waals surface area contributed by atoms with E-state index in [-0.39, 0.29) is 16.6 Å². The second-order valence-corrected chi connectivity index (χ2v) is 6.78. The molecule has 2 aromatic rings. The summed E-state index contributed by atoms with van der Waals surface area (Å²) in [6.07, 6.45) is 9.97. The van der Waals surface area contributed by atoms with Crippen LogP contribution in [0.3, 0.4) is 0 Å². The number of unbranched alkanes of at least 4 members (excludes halogenated alkanes) is 2. The first-order valence-electron chi connectivity index (χ1n) is 9.78. The Morgan fingerprint density at radius 3 is 2.80 bits per heavy atom. The quantitative estimate of drug-likeness (QED) is 0.261. The zero-order valence-corrected chi connectivity index (χ0v) is 16.8. The number of aromatic amines is 1. The monoisotopic (exact) mass is 408 g/mol. The zero-order chi connectivity index (χ0) is 21.3. The maximum absolute atomic E-state index is 11.7. The molecule has 1 aliphatic rings. The van der Waals surface area contributed by atoms with E-state index in [0.717, 1.165) is 36.2 Å². The van der Waals surface area contributed by atoms with Gasteiger partial charge in [-0.1, -0.05) is 12.5 Å².